The lowest BCUT2D eigenvalue weighted by Gasteiger charge is -2.26. The van der Waals surface area contributed by atoms with E-state index in [1.54, 1.807) is 4.90 Å². The van der Waals surface area contributed by atoms with Gasteiger partial charge in [-0.15, -0.1) is 0 Å². The maximum Gasteiger partial charge on any atom is 0.401 e. The van der Waals surface area contributed by atoms with Crippen molar-refractivity contribution in [2.24, 2.45) is 0 Å². The van der Waals surface area contributed by atoms with Gasteiger partial charge in [-0.05, 0) is 19.3 Å². The lowest BCUT2D eigenvalue weighted by molar-refractivity contribution is -0.132. The van der Waals surface area contributed by atoms with Crippen molar-refractivity contribution in [2.45, 2.75) is 31.9 Å². The average Bonchev–Trinajstić information content (AvgIpc) is 2.38. The van der Waals surface area contributed by atoms with Crippen molar-refractivity contribution in [1.29, 1.82) is 0 Å². The van der Waals surface area contributed by atoms with Crippen LogP contribution in [0.4, 0.5) is 13.2 Å². The molecule has 116 valence electrons. The Morgan fingerprint density at radius 2 is 1.75 bits per heavy atom. The van der Waals surface area contributed by atoms with Crippen LogP contribution < -0.4 is 10.6 Å². The Morgan fingerprint density at radius 3 is 2.35 bits per heavy atom. The predicted octanol–water partition coefficient (Wildman–Crippen LogP) is 0.657. The molecule has 1 heterocycles. The molecule has 20 heavy (non-hydrogen) atoms. The van der Waals surface area contributed by atoms with Gasteiger partial charge in [0.15, 0.2) is 0 Å². The van der Waals surface area contributed by atoms with Crippen LogP contribution in [0.15, 0.2) is 0 Å². The monoisotopic (exact) mass is 295 g/mol. The molecular formula is C12H20F3N3O2. The van der Waals surface area contributed by atoms with Gasteiger partial charge in [0.05, 0.1) is 13.1 Å². The fraction of sp³-hybridized carbons (Fsp3) is 0.833. The summed E-state index contributed by atoms with van der Waals surface area (Å²) in [4.78, 5) is 24.7. The lowest BCUT2D eigenvalue weighted by atomic mass is 10.1. The molecular weight excluding hydrogens is 275 g/mol. The second-order valence-corrected chi connectivity index (χ2v) is 4.76. The van der Waals surface area contributed by atoms with Gasteiger partial charge in [-0.1, -0.05) is 0 Å². The molecule has 5 nitrogen and oxygen atoms in total. The molecule has 2 amide bonds. The molecule has 0 bridgehead atoms. The van der Waals surface area contributed by atoms with Crippen molar-refractivity contribution in [2.75, 3.05) is 32.7 Å². The number of hydrogen-bond acceptors (Lipinski definition) is 3. The van der Waals surface area contributed by atoms with Crippen molar-refractivity contribution >= 4 is 11.8 Å². The topological polar surface area (TPSA) is 61.4 Å². The first-order valence-electron chi connectivity index (χ1n) is 6.70. The highest BCUT2D eigenvalue weighted by molar-refractivity contribution is 5.80. The zero-order valence-corrected chi connectivity index (χ0v) is 11.3. The van der Waals surface area contributed by atoms with E-state index in [1.807, 2.05) is 5.32 Å². The van der Waals surface area contributed by atoms with Gasteiger partial charge in [-0.3, -0.25) is 9.59 Å². The highest BCUT2D eigenvalue weighted by Crippen LogP contribution is 2.11. The summed E-state index contributed by atoms with van der Waals surface area (Å²) in [6.07, 6.45) is -1.01. The van der Waals surface area contributed by atoms with Gasteiger partial charge >= 0.3 is 6.18 Å². The Morgan fingerprint density at radius 1 is 1.10 bits per heavy atom. The summed E-state index contributed by atoms with van der Waals surface area (Å²) in [6, 6.07) is 0. The van der Waals surface area contributed by atoms with Crippen LogP contribution in [0.5, 0.6) is 0 Å². The van der Waals surface area contributed by atoms with Crippen molar-refractivity contribution in [1.82, 2.24) is 15.5 Å². The SMILES string of the molecule is O=C(CNCC(F)(F)F)NCCC(=O)N1CCCCC1. The van der Waals surface area contributed by atoms with E-state index in [-0.39, 0.29) is 18.9 Å². The van der Waals surface area contributed by atoms with Crippen LogP contribution >= 0.6 is 0 Å². The molecule has 8 heteroatoms. The second kappa shape index (κ2) is 8.08. The molecule has 0 aromatic carbocycles. The van der Waals surface area contributed by atoms with E-state index in [2.05, 4.69) is 5.32 Å². The normalized spacial score (nSPS) is 16.1. The number of nitrogens with one attached hydrogen (secondary N) is 2. The predicted molar refractivity (Wildman–Crippen MR) is 67.0 cm³/mol. The maximum atomic E-state index is 11.8. The minimum atomic E-state index is -4.33. The van der Waals surface area contributed by atoms with Crippen LogP contribution in [0.3, 0.4) is 0 Å². The van der Waals surface area contributed by atoms with Gasteiger partial charge in [-0.25, -0.2) is 0 Å². The van der Waals surface area contributed by atoms with E-state index >= 15 is 0 Å². The molecule has 1 aliphatic rings. The standard InChI is InChI=1S/C12H20F3N3O2/c13-12(14,15)9-16-8-10(19)17-5-4-11(20)18-6-2-1-3-7-18/h16H,1-9H2,(H,17,19). The largest absolute Gasteiger partial charge is 0.401 e. The average molecular weight is 295 g/mol. The molecule has 0 radical (unpaired) electrons. The van der Waals surface area contributed by atoms with E-state index in [9.17, 15) is 22.8 Å². The summed E-state index contributed by atoms with van der Waals surface area (Å²) >= 11 is 0. The number of alkyl halides is 3. The smallest absolute Gasteiger partial charge is 0.354 e. The van der Waals surface area contributed by atoms with Crippen LogP contribution in [0, 0.1) is 0 Å². The molecule has 2 N–H and O–H groups in total. The number of nitrogens with zero attached hydrogens (tertiary/aromatic N) is 1. The third-order valence-electron chi connectivity index (χ3n) is 2.98. The highest BCUT2D eigenvalue weighted by Gasteiger charge is 2.26. The van der Waals surface area contributed by atoms with Gasteiger partial charge in [0, 0.05) is 26.1 Å². The second-order valence-electron chi connectivity index (χ2n) is 4.76. The van der Waals surface area contributed by atoms with Crippen molar-refractivity contribution in [3.05, 3.63) is 0 Å². The number of hydrogen-bond donors (Lipinski definition) is 2. The Hall–Kier alpha value is -1.31. The third kappa shape index (κ3) is 7.32. The van der Waals surface area contributed by atoms with Crippen molar-refractivity contribution < 1.29 is 22.8 Å². The number of piperidine rings is 1. The van der Waals surface area contributed by atoms with Crippen LogP contribution in [0.1, 0.15) is 25.7 Å². The van der Waals surface area contributed by atoms with Crippen LogP contribution in [-0.2, 0) is 9.59 Å². The Labute approximate surface area is 115 Å². The molecule has 1 rings (SSSR count). The van der Waals surface area contributed by atoms with E-state index in [0.29, 0.717) is 0 Å². The number of likely N-dealkylation sites (tertiary alicyclic amines) is 1. The summed E-state index contributed by atoms with van der Waals surface area (Å²) in [5, 5.41) is 4.42. The van der Waals surface area contributed by atoms with Crippen LogP contribution in [-0.4, -0.2) is 55.6 Å². The van der Waals surface area contributed by atoms with Crippen molar-refractivity contribution in [3.8, 4) is 0 Å². The molecule has 0 aromatic rings. The lowest BCUT2D eigenvalue weighted by Crippen LogP contribution is -2.40. The first kappa shape index (κ1) is 16.7. The Balaban J connectivity index is 2.07. The molecule has 0 aromatic heterocycles. The molecule has 0 unspecified atom stereocenters. The Bertz CT molecular complexity index is 328. The van der Waals surface area contributed by atoms with E-state index in [4.69, 9.17) is 0 Å². The van der Waals surface area contributed by atoms with Crippen LogP contribution in [0.2, 0.25) is 0 Å². The summed E-state index contributed by atoms with van der Waals surface area (Å²) in [7, 11) is 0. The number of halogens is 3. The van der Waals surface area contributed by atoms with Gasteiger partial charge < -0.3 is 15.5 Å². The fourth-order valence-corrected chi connectivity index (χ4v) is 1.99. The van der Waals surface area contributed by atoms with Gasteiger partial charge in [0.1, 0.15) is 0 Å². The molecule has 1 aliphatic heterocycles. The first-order chi connectivity index (χ1) is 9.38. The minimum absolute atomic E-state index is 0.0201. The highest BCUT2D eigenvalue weighted by atomic mass is 19.4. The first-order valence-corrected chi connectivity index (χ1v) is 6.70. The number of amides is 2. The third-order valence-corrected chi connectivity index (χ3v) is 2.98. The number of carbonyl (C=O) groups excluding carboxylic acids is 2. The zero-order chi connectivity index (χ0) is 15.0. The van der Waals surface area contributed by atoms with Gasteiger partial charge in [0.25, 0.3) is 0 Å². The summed E-state index contributed by atoms with van der Waals surface area (Å²) < 4.78 is 35.5. The minimum Gasteiger partial charge on any atom is -0.354 e. The van der Waals surface area contributed by atoms with Gasteiger partial charge in [-0.2, -0.15) is 13.2 Å². The maximum absolute atomic E-state index is 11.8. The molecule has 0 atom stereocenters. The van der Waals surface area contributed by atoms with E-state index < -0.39 is 25.2 Å². The molecule has 0 aliphatic carbocycles. The van der Waals surface area contributed by atoms with Crippen molar-refractivity contribution in [3.63, 3.8) is 0 Å². The summed E-state index contributed by atoms with van der Waals surface area (Å²) in [6.45, 7) is 0.0479. The molecule has 0 saturated carbocycles. The molecule has 0 spiro atoms. The van der Waals surface area contributed by atoms with Crippen LogP contribution in [0.25, 0.3) is 0 Å². The Kier molecular flexibility index (Phi) is 6.77. The zero-order valence-electron chi connectivity index (χ0n) is 11.3. The van der Waals surface area contributed by atoms with E-state index in [0.717, 1.165) is 32.4 Å². The molecule has 1 saturated heterocycles. The summed E-state index contributed by atoms with van der Waals surface area (Å²) in [5.74, 6) is -0.561. The quantitative estimate of drug-likeness (QED) is 0.756. The number of rotatable bonds is 6. The van der Waals surface area contributed by atoms with E-state index in [1.165, 1.54) is 0 Å². The van der Waals surface area contributed by atoms with Gasteiger partial charge in [0.2, 0.25) is 11.8 Å². The fourth-order valence-electron chi connectivity index (χ4n) is 1.99. The molecule has 1 fully saturated rings. The number of carbonyl (C=O) groups is 2. The summed E-state index contributed by atoms with van der Waals surface area (Å²) in [5.41, 5.74) is 0.